The van der Waals surface area contributed by atoms with Gasteiger partial charge in [-0.25, -0.2) is 0 Å². The van der Waals surface area contributed by atoms with Crippen LogP contribution >= 0.6 is 0 Å². The zero-order valence-corrected chi connectivity index (χ0v) is 8.13. The molecule has 0 aromatic heterocycles. The van der Waals surface area contributed by atoms with Gasteiger partial charge in [-0.2, -0.15) is 0 Å². The summed E-state index contributed by atoms with van der Waals surface area (Å²) in [6.07, 6.45) is 6.35. The molecule has 1 rings (SSSR count). The van der Waals surface area contributed by atoms with Gasteiger partial charge in [-0.1, -0.05) is 6.08 Å². The van der Waals surface area contributed by atoms with Crippen molar-refractivity contribution in [2.45, 2.75) is 32.1 Å². The first kappa shape index (κ1) is 10.5. The second-order valence-electron chi connectivity index (χ2n) is 3.53. The highest BCUT2D eigenvalue weighted by atomic mass is 16.5. The first-order valence-electron chi connectivity index (χ1n) is 5.06. The molecule has 1 aliphatic rings. The number of hydrogen-bond donors (Lipinski definition) is 0. The summed E-state index contributed by atoms with van der Waals surface area (Å²) in [5.74, 6) is 0.698. The van der Waals surface area contributed by atoms with E-state index in [2.05, 4.69) is 6.58 Å². The largest absolute Gasteiger partial charge is 0.381 e. The average Bonchev–Trinajstić information content (AvgIpc) is 2.19. The third kappa shape index (κ3) is 3.73. The molecule has 0 unspecified atom stereocenters. The Kier molecular flexibility index (Phi) is 4.76. The summed E-state index contributed by atoms with van der Waals surface area (Å²) in [6.45, 7) is 5.16. The molecule has 1 saturated heterocycles. The predicted molar refractivity (Wildman–Crippen MR) is 52.6 cm³/mol. The van der Waals surface area contributed by atoms with Crippen molar-refractivity contribution in [2.75, 3.05) is 13.2 Å². The first-order chi connectivity index (χ1) is 6.34. The molecule has 1 fully saturated rings. The molecule has 0 bridgehead atoms. The molecule has 2 heteroatoms. The molecule has 74 valence electrons. The van der Waals surface area contributed by atoms with Crippen molar-refractivity contribution in [1.29, 1.82) is 0 Å². The van der Waals surface area contributed by atoms with Crippen molar-refractivity contribution in [1.82, 2.24) is 0 Å². The standard InChI is InChI=1S/C11H18O2/c1-2-3-4-5-11(12)10-6-8-13-9-7-10/h2,10H,1,3-9H2. The molecule has 0 spiro atoms. The molecule has 0 amide bonds. The average molecular weight is 182 g/mol. The minimum atomic E-state index is 0.276. The monoisotopic (exact) mass is 182 g/mol. The SMILES string of the molecule is C=CCCCC(=O)C1CCOCC1. The molecule has 0 aliphatic carbocycles. The quantitative estimate of drug-likeness (QED) is 0.482. The second kappa shape index (κ2) is 5.92. The van der Waals surface area contributed by atoms with Crippen LogP contribution in [0.3, 0.4) is 0 Å². The van der Waals surface area contributed by atoms with E-state index in [4.69, 9.17) is 4.74 Å². The molecule has 0 aromatic rings. The molecule has 0 N–H and O–H groups in total. The first-order valence-corrected chi connectivity index (χ1v) is 5.06. The number of carbonyl (C=O) groups is 1. The van der Waals surface area contributed by atoms with Gasteiger partial charge in [0.25, 0.3) is 0 Å². The molecule has 0 radical (unpaired) electrons. The fourth-order valence-corrected chi connectivity index (χ4v) is 1.64. The Labute approximate surface area is 80.0 Å². The van der Waals surface area contributed by atoms with Crippen LogP contribution in [0.5, 0.6) is 0 Å². The van der Waals surface area contributed by atoms with Gasteiger partial charge >= 0.3 is 0 Å². The van der Waals surface area contributed by atoms with Gasteiger partial charge in [0.1, 0.15) is 5.78 Å². The fraction of sp³-hybridized carbons (Fsp3) is 0.727. The van der Waals surface area contributed by atoms with Crippen LogP contribution in [0.4, 0.5) is 0 Å². The number of carbonyl (C=O) groups excluding carboxylic acids is 1. The molecule has 0 saturated carbocycles. The van der Waals surface area contributed by atoms with Crippen LogP contribution < -0.4 is 0 Å². The van der Waals surface area contributed by atoms with E-state index < -0.39 is 0 Å². The Morgan fingerprint density at radius 2 is 2.15 bits per heavy atom. The summed E-state index contributed by atoms with van der Waals surface area (Å²) in [5, 5.41) is 0. The third-order valence-corrected chi connectivity index (χ3v) is 2.51. The Hall–Kier alpha value is -0.630. The number of hydrogen-bond acceptors (Lipinski definition) is 2. The smallest absolute Gasteiger partial charge is 0.136 e. The van der Waals surface area contributed by atoms with Crippen LogP contribution in [0.2, 0.25) is 0 Å². The van der Waals surface area contributed by atoms with Crippen molar-refractivity contribution in [2.24, 2.45) is 5.92 Å². The Bertz CT molecular complexity index is 169. The van der Waals surface area contributed by atoms with E-state index in [1.807, 2.05) is 6.08 Å². The van der Waals surface area contributed by atoms with Gasteiger partial charge in [-0.15, -0.1) is 6.58 Å². The summed E-state index contributed by atoms with van der Waals surface area (Å²) in [4.78, 5) is 11.6. The fourth-order valence-electron chi connectivity index (χ4n) is 1.64. The molecular weight excluding hydrogens is 164 g/mol. The molecule has 0 atom stereocenters. The van der Waals surface area contributed by atoms with E-state index in [0.717, 1.165) is 45.3 Å². The Morgan fingerprint density at radius 3 is 2.77 bits per heavy atom. The van der Waals surface area contributed by atoms with E-state index >= 15 is 0 Å². The van der Waals surface area contributed by atoms with Crippen LogP contribution in [0.15, 0.2) is 12.7 Å². The lowest BCUT2D eigenvalue weighted by Crippen LogP contribution is -2.23. The van der Waals surface area contributed by atoms with Gasteiger partial charge in [0.2, 0.25) is 0 Å². The van der Waals surface area contributed by atoms with Gasteiger partial charge in [0, 0.05) is 25.6 Å². The molecule has 0 aromatic carbocycles. The van der Waals surface area contributed by atoms with Crippen molar-refractivity contribution >= 4 is 5.78 Å². The summed E-state index contributed by atoms with van der Waals surface area (Å²) >= 11 is 0. The van der Waals surface area contributed by atoms with E-state index in [0.29, 0.717) is 5.78 Å². The number of rotatable bonds is 5. The summed E-state index contributed by atoms with van der Waals surface area (Å²) in [5.41, 5.74) is 0. The number of ether oxygens (including phenoxy) is 1. The van der Waals surface area contributed by atoms with Crippen LogP contribution in [0.25, 0.3) is 0 Å². The van der Waals surface area contributed by atoms with Crippen LogP contribution in [-0.4, -0.2) is 19.0 Å². The topological polar surface area (TPSA) is 26.3 Å². The summed E-state index contributed by atoms with van der Waals surface area (Å²) < 4.78 is 5.21. The van der Waals surface area contributed by atoms with Crippen molar-refractivity contribution < 1.29 is 9.53 Å². The highest BCUT2D eigenvalue weighted by molar-refractivity contribution is 5.81. The van der Waals surface area contributed by atoms with Gasteiger partial charge in [-0.05, 0) is 25.7 Å². The molecule has 13 heavy (non-hydrogen) atoms. The highest BCUT2D eigenvalue weighted by Crippen LogP contribution is 2.18. The Balaban J connectivity index is 2.17. The van der Waals surface area contributed by atoms with Gasteiger partial charge in [0.05, 0.1) is 0 Å². The van der Waals surface area contributed by atoms with E-state index in [1.165, 1.54) is 0 Å². The van der Waals surface area contributed by atoms with E-state index in [1.54, 1.807) is 0 Å². The van der Waals surface area contributed by atoms with Crippen molar-refractivity contribution in [3.05, 3.63) is 12.7 Å². The minimum Gasteiger partial charge on any atom is -0.381 e. The second-order valence-corrected chi connectivity index (χ2v) is 3.53. The lowest BCUT2D eigenvalue weighted by molar-refractivity contribution is -0.125. The number of Topliss-reactive ketones (excluding diaryl/α,β-unsaturated/α-hetero) is 1. The molecular formula is C11H18O2. The zero-order valence-electron chi connectivity index (χ0n) is 8.13. The number of allylic oxidation sites excluding steroid dienone is 1. The summed E-state index contributed by atoms with van der Waals surface area (Å²) in [7, 11) is 0. The maximum atomic E-state index is 11.6. The van der Waals surface area contributed by atoms with Gasteiger partial charge < -0.3 is 4.74 Å². The predicted octanol–water partition coefficient (Wildman–Crippen LogP) is 2.34. The van der Waals surface area contributed by atoms with Crippen LogP contribution in [0.1, 0.15) is 32.1 Å². The van der Waals surface area contributed by atoms with Crippen molar-refractivity contribution in [3.63, 3.8) is 0 Å². The van der Waals surface area contributed by atoms with Crippen LogP contribution in [-0.2, 0) is 9.53 Å². The minimum absolute atomic E-state index is 0.276. The molecule has 1 aliphatic heterocycles. The lowest BCUT2D eigenvalue weighted by Gasteiger charge is -2.20. The normalized spacial score (nSPS) is 18.5. The van der Waals surface area contributed by atoms with Gasteiger partial charge in [0.15, 0.2) is 0 Å². The lowest BCUT2D eigenvalue weighted by atomic mass is 9.92. The van der Waals surface area contributed by atoms with E-state index in [9.17, 15) is 4.79 Å². The van der Waals surface area contributed by atoms with Crippen molar-refractivity contribution in [3.8, 4) is 0 Å². The third-order valence-electron chi connectivity index (χ3n) is 2.51. The highest BCUT2D eigenvalue weighted by Gasteiger charge is 2.20. The van der Waals surface area contributed by atoms with Crippen LogP contribution in [0, 0.1) is 5.92 Å². The number of ketones is 1. The summed E-state index contributed by atoms with van der Waals surface area (Å²) in [6, 6.07) is 0. The van der Waals surface area contributed by atoms with E-state index in [-0.39, 0.29) is 5.92 Å². The number of unbranched alkanes of at least 4 members (excludes halogenated alkanes) is 1. The molecule has 2 nitrogen and oxygen atoms in total. The Morgan fingerprint density at radius 1 is 1.46 bits per heavy atom. The van der Waals surface area contributed by atoms with Gasteiger partial charge in [-0.3, -0.25) is 4.79 Å². The maximum absolute atomic E-state index is 11.6. The maximum Gasteiger partial charge on any atom is 0.136 e. The molecule has 1 heterocycles. The zero-order chi connectivity index (χ0) is 9.52.